The van der Waals surface area contributed by atoms with Crippen molar-refractivity contribution in [3.8, 4) is 0 Å². The Morgan fingerprint density at radius 1 is 1.46 bits per heavy atom. The van der Waals surface area contributed by atoms with Gasteiger partial charge < -0.3 is 14.8 Å². The number of imidazole rings is 1. The van der Waals surface area contributed by atoms with E-state index in [0.717, 1.165) is 55.1 Å². The average molecular weight is 347 g/mol. The summed E-state index contributed by atoms with van der Waals surface area (Å²) in [4.78, 5) is 19.8. The summed E-state index contributed by atoms with van der Waals surface area (Å²) in [5.74, 6) is 2.01. The van der Waals surface area contributed by atoms with Crippen molar-refractivity contribution in [2.45, 2.75) is 38.1 Å². The van der Waals surface area contributed by atoms with Crippen LogP contribution in [0.3, 0.4) is 0 Å². The third-order valence-corrected chi connectivity index (χ3v) is 5.11. The molecule has 5 nitrogen and oxygen atoms in total. The second-order valence-corrected chi connectivity index (χ2v) is 7.14. The van der Waals surface area contributed by atoms with E-state index in [9.17, 15) is 4.79 Å². The van der Waals surface area contributed by atoms with Crippen LogP contribution in [-0.2, 0) is 17.1 Å². The fraction of sp³-hybridized carbons (Fsp3) is 0.556. The first-order valence-corrected chi connectivity index (χ1v) is 10.1. The summed E-state index contributed by atoms with van der Waals surface area (Å²) >= 11 is 1.74. The quantitative estimate of drug-likeness (QED) is 0.837. The van der Waals surface area contributed by atoms with Crippen LogP contribution in [0.25, 0.3) is 11.0 Å². The normalized spacial score (nSPS) is 17.5. The SMILES string of the molecule is CCCN(C(=O)Cn1c(CSC)nc2ccccc21)C1CCNC1. The van der Waals surface area contributed by atoms with E-state index in [2.05, 4.69) is 34.0 Å². The number of nitrogens with zero attached hydrogens (tertiary/aromatic N) is 3. The minimum atomic E-state index is 0.205. The Morgan fingerprint density at radius 2 is 2.29 bits per heavy atom. The van der Waals surface area contributed by atoms with Crippen LogP contribution in [0.15, 0.2) is 24.3 Å². The summed E-state index contributed by atoms with van der Waals surface area (Å²) in [5.41, 5.74) is 2.02. The molecular formula is C18H26N4OS. The molecule has 1 N–H and O–H groups in total. The molecule has 1 amide bonds. The zero-order valence-electron chi connectivity index (χ0n) is 14.5. The van der Waals surface area contributed by atoms with Crippen molar-refractivity contribution in [3.05, 3.63) is 30.1 Å². The fourth-order valence-corrected chi connectivity index (χ4v) is 3.90. The van der Waals surface area contributed by atoms with Crippen molar-refractivity contribution in [2.24, 2.45) is 0 Å². The molecule has 0 saturated carbocycles. The van der Waals surface area contributed by atoms with Crippen LogP contribution >= 0.6 is 11.8 Å². The van der Waals surface area contributed by atoms with Gasteiger partial charge in [-0.3, -0.25) is 4.79 Å². The monoisotopic (exact) mass is 346 g/mol. The molecule has 1 saturated heterocycles. The summed E-state index contributed by atoms with van der Waals surface area (Å²) in [6.07, 6.45) is 4.11. The van der Waals surface area contributed by atoms with Gasteiger partial charge in [0.2, 0.25) is 5.91 Å². The molecule has 2 heterocycles. The summed E-state index contributed by atoms with van der Waals surface area (Å²) in [6.45, 7) is 5.26. The van der Waals surface area contributed by atoms with Gasteiger partial charge in [0.15, 0.2) is 0 Å². The molecule has 0 aliphatic carbocycles. The number of nitrogens with one attached hydrogen (secondary N) is 1. The van der Waals surface area contributed by atoms with Crippen molar-refractivity contribution in [1.82, 2.24) is 19.8 Å². The number of carbonyl (C=O) groups excluding carboxylic acids is 1. The minimum absolute atomic E-state index is 0.205. The molecule has 1 atom stereocenters. The third-order valence-electron chi connectivity index (χ3n) is 4.56. The van der Waals surface area contributed by atoms with Gasteiger partial charge in [-0.2, -0.15) is 11.8 Å². The van der Waals surface area contributed by atoms with Crippen molar-refractivity contribution in [2.75, 3.05) is 25.9 Å². The molecule has 0 bridgehead atoms. The van der Waals surface area contributed by atoms with Crippen LogP contribution in [0.4, 0.5) is 0 Å². The Labute approximate surface area is 147 Å². The van der Waals surface area contributed by atoms with Gasteiger partial charge in [0.05, 0.1) is 16.8 Å². The fourth-order valence-electron chi connectivity index (χ4n) is 3.42. The van der Waals surface area contributed by atoms with Crippen LogP contribution in [0.2, 0.25) is 0 Å². The van der Waals surface area contributed by atoms with Gasteiger partial charge in [0.1, 0.15) is 12.4 Å². The van der Waals surface area contributed by atoms with Gasteiger partial charge in [-0.05, 0) is 37.8 Å². The van der Waals surface area contributed by atoms with Gasteiger partial charge in [-0.15, -0.1) is 0 Å². The Morgan fingerprint density at radius 3 is 3.00 bits per heavy atom. The van der Waals surface area contributed by atoms with Gasteiger partial charge in [-0.1, -0.05) is 19.1 Å². The first-order valence-electron chi connectivity index (χ1n) is 8.67. The van der Waals surface area contributed by atoms with E-state index in [0.29, 0.717) is 12.6 Å². The van der Waals surface area contributed by atoms with Gasteiger partial charge in [0.25, 0.3) is 0 Å². The Hall–Kier alpha value is -1.53. The molecule has 1 aliphatic rings. The molecule has 24 heavy (non-hydrogen) atoms. The van der Waals surface area contributed by atoms with Crippen LogP contribution in [-0.4, -0.2) is 52.3 Å². The van der Waals surface area contributed by atoms with E-state index in [1.165, 1.54) is 0 Å². The maximum Gasteiger partial charge on any atom is 0.242 e. The standard InChI is InChI=1S/C18H26N4OS/c1-3-10-21(14-8-9-19-11-14)18(23)12-22-16-7-5-4-6-15(16)20-17(22)13-24-2/h4-7,14,19H,3,8-13H2,1-2H3. The van der Waals surface area contributed by atoms with E-state index in [-0.39, 0.29) is 5.91 Å². The second kappa shape index (κ2) is 8.03. The Kier molecular flexibility index (Phi) is 5.79. The zero-order chi connectivity index (χ0) is 16.9. The number of hydrogen-bond acceptors (Lipinski definition) is 4. The predicted octanol–water partition coefficient (Wildman–Crippen LogP) is 2.50. The molecule has 130 valence electrons. The number of para-hydroxylation sites is 2. The zero-order valence-corrected chi connectivity index (χ0v) is 15.3. The van der Waals surface area contributed by atoms with Crippen LogP contribution in [0, 0.1) is 0 Å². The molecule has 3 rings (SSSR count). The van der Waals surface area contributed by atoms with Crippen LogP contribution in [0.5, 0.6) is 0 Å². The predicted molar refractivity (Wildman–Crippen MR) is 100 cm³/mol. The molecule has 1 aromatic carbocycles. The number of hydrogen-bond donors (Lipinski definition) is 1. The van der Waals surface area contributed by atoms with E-state index in [1.54, 1.807) is 11.8 Å². The highest BCUT2D eigenvalue weighted by Crippen LogP contribution is 2.20. The molecule has 1 unspecified atom stereocenters. The number of aromatic nitrogens is 2. The van der Waals surface area contributed by atoms with Crippen molar-refractivity contribution in [3.63, 3.8) is 0 Å². The van der Waals surface area contributed by atoms with Crippen LogP contribution < -0.4 is 5.32 Å². The summed E-state index contributed by atoms with van der Waals surface area (Å²) < 4.78 is 2.10. The van der Waals surface area contributed by atoms with Gasteiger partial charge >= 0.3 is 0 Å². The third kappa shape index (κ3) is 3.59. The number of amides is 1. The minimum Gasteiger partial charge on any atom is -0.337 e. The number of fused-ring (bicyclic) bond motifs is 1. The van der Waals surface area contributed by atoms with Crippen molar-refractivity contribution in [1.29, 1.82) is 0 Å². The number of rotatable bonds is 7. The highest BCUT2D eigenvalue weighted by molar-refractivity contribution is 7.97. The van der Waals surface area contributed by atoms with E-state index in [1.807, 2.05) is 18.2 Å². The highest BCUT2D eigenvalue weighted by Gasteiger charge is 2.26. The van der Waals surface area contributed by atoms with E-state index < -0.39 is 0 Å². The maximum atomic E-state index is 13.0. The van der Waals surface area contributed by atoms with Crippen LogP contribution in [0.1, 0.15) is 25.6 Å². The average Bonchev–Trinajstić information content (AvgIpc) is 3.22. The summed E-state index contributed by atoms with van der Waals surface area (Å²) in [7, 11) is 0. The Balaban J connectivity index is 1.86. The number of thioether (sulfide) groups is 1. The largest absolute Gasteiger partial charge is 0.337 e. The molecule has 2 aromatic rings. The van der Waals surface area contributed by atoms with Gasteiger partial charge in [0, 0.05) is 19.1 Å². The lowest BCUT2D eigenvalue weighted by molar-refractivity contribution is -0.133. The Bertz CT molecular complexity index is 693. The molecule has 0 spiro atoms. The molecule has 1 aromatic heterocycles. The molecule has 1 aliphatic heterocycles. The topological polar surface area (TPSA) is 50.2 Å². The first kappa shape index (κ1) is 17.3. The summed E-state index contributed by atoms with van der Waals surface area (Å²) in [5, 5.41) is 3.37. The lowest BCUT2D eigenvalue weighted by Crippen LogP contribution is -2.43. The van der Waals surface area contributed by atoms with Gasteiger partial charge in [-0.25, -0.2) is 4.98 Å². The van der Waals surface area contributed by atoms with E-state index >= 15 is 0 Å². The number of benzene rings is 1. The molecule has 6 heteroatoms. The smallest absolute Gasteiger partial charge is 0.242 e. The van der Waals surface area contributed by atoms with Crippen molar-refractivity contribution < 1.29 is 4.79 Å². The number of carbonyl (C=O) groups is 1. The highest BCUT2D eigenvalue weighted by atomic mass is 32.2. The molecule has 1 fully saturated rings. The lowest BCUT2D eigenvalue weighted by atomic mass is 10.2. The molecule has 0 radical (unpaired) electrons. The van der Waals surface area contributed by atoms with Crippen molar-refractivity contribution >= 4 is 28.7 Å². The summed E-state index contributed by atoms with van der Waals surface area (Å²) in [6, 6.07) is 8.42. The molecular weight excluding hydrogens is 320 g/mol. The van der Waals surface area contributed by atoms with E-state index in [4.69, 9.17) is 4.98 Å². The maximum absolute atomic E-state index is 13.0. The second-order valence-electron chi connectivity index (χ2n) is 6.27. The lowest BCUT2D eigenvalue weighted by Gasteiger charge is -2.28. The first-order chi connectivity index (χ1) is 11.7.